The van der Waals surface area contributed by atoms with Crippen molar-refractivity contribution in [3.05, 3.63) is 35.4 Å². The Labute approximate surface area is 194 Å². The third-order valence-electron chi connectivity index (χ3n) is 4.48. The predicted molar refractivity (Wildman–Crippen MR) is 123 cm³/mol. The fourth-order valence-electron chi connectivity index (χ4n) is 3.07. The molecule has 0 bridgehead atoms. The summed E-state index contributed by atoms with van der Waals surface area (Å²) in [6.07, 6.45) is -1.50. The minimum absolute atomic E-state index is 0.0870. The van der Waals surface area contributed by atoms with E-state index in [0.717, 1.165) is 5.56 Å². The summed E-state index contributed by atoms with van der Waals surface area (Å²) < 4.78 is 10.6. The zero-order valence-corrected chi connectivity index (χ0v) is 20.2. The first kappa shape index (κ1) is 26.1. The normalized spacial score (nSPS) is 15.7. The molecule has 0 aliphatic carbocycles. The van der Waals surface area contributed by atoms with Gasteiger partial charge in [0.05, 0.1) is 5.56 Å². The molecule has 2 N–H and O–H groups in total. The van der Waals surface area contributed by atoms with Crippen molar-refractivity contribution in [1.29, 1.82) is 0 Å². The van der Waals surface area contributed by atoms with Crippen LogP contribution in [0.1, 0.15) is 57.5 Å². The largest absolute Gasteiger partial charge is 0.478 e. The van der Waals surface area contributed by atoms with Crippen LogP contribution in [0.15, 0.2) is 29.3 Å². The van der Waals surface area contributed by atoms with E-state index in [1.54, 1.807) is 70.7 Å². The second-order valence-electron chi connectivity index (χ2n) is 9.81. The number of aliphatic imine (C=N–C) groups is 1. The van der Waals surface area contributed by atoms with E-state index in [1.165, 1.54) is 0 Å². The second-order valence-corrected chi connectivity index (χ2v) is 9.81. The summed E-state index contributed by atoms with van der Waals surface area (Å²) in [5.74, 6) is -0.867. The summed E-state index contributed by atoms with van der Waals surface area (Å²) in [7, 11) is 0. The first-order valence-electron chi connectivity index (χ1n) is 10.8. The number of carboxylic acids is 1. The summed E-state index contributed by atoms with van der Waals surface area (Å²) in [5, 5.41) is 11.6. The summed E-state index contributed by atoms with van der Waals surface area (Å²) in [6, 6.07) is 6.78. The zero-order chi connectivity index (χ0) is 24.8. The Bertz CT molecular complexity index is 876. The second kappa shape index (κ2) is 10.7. The van der Waals surface area contributed by atoms with E-state index in [2.05, 4.69) is 15.2 Å². The molecule has 1 fully saturated rings. The molecular weight excluding hydrogens is 428 g/mol. The molecule has 10 nitrogen and oxygen atoms in total. The van der Waals surface area contributed by atoms with E-state index in [4.69, 9.17) is 14.6 Å². The maximum atomic E-state index is 12.3. The van der Waals surface area contributed by atoms with Crippen LogP contribution in [0.4, 0.5) is 9.59 Å². The third kappa shape index (κ3) is 9.48. The molecule has 33 heavy (non-hydrogen) atoms. The number of hydrogen-bond donors (Lipinski definition) is 2. The summed E-state index contributed by atoms with van der Waals surface area (Å²) in [6.45, 7) is 13.5. The number of nitrogens with zero attached hydrogens (tertiary/aromatic N) is 3. The fourth-order valence-corrected chi connectivity index (χ4v) is 3.07. The van der Waals surface area contributed by atoms with E-state index in [9.17, 15) is 14.4 Å². The number of piperazine rings is 1. The number of rotatable bonds is 3. The predicted octanol–water partition coefficient (Wildman–Crippen LogP) is 3.32. The van der Waals surface area contributed by atoms with Crippen molar-refractivity contribution in [3.63, 3.8) is 0 Å². The van der Waals surface area contributed by atoms with E-state index >= 15 is 0 Å². The Kier molecular flexibility index (Phi) is 8.43. The first-order valence-corrected chi connectivity index (χ1v) is 10.8. The van der Waals surface area contributed by atoms with Crippen LogP contribution in [0.3, 0.4) is 0 Å². The van der Waals surface area contributed by atoms with Crippen molar-refractivity contribution in [2.24, 2.45) is 4.99 Å². The lowest BCUT2D eigenvalue weighted by molar-refractivity contribution is 0.0549. The SMILES string of the molecule is CC(C)(C)OC(=O)/N=C(/NC(=O)OC(C)(C)C)N1CCN(Cc2ccc(C(=O)O)cc2)CC1. The number of benzene rings is 1. The number of ether oxygens (including phenoxy) is 2. The van der Waals surface area contributed by atoms with Gasteiger partial charge in [-0.15, -0.1) is 4.99 Å². The number of hydrogen-bond acceptors (Lipinski definition) is 6. The van der Waals surface area contributed by atoms with Gasteiger partial charge in [-0.2, -0.15) is 0 Å². The van der Waals surface area contributed by atoms with Crippen LogP contribution < -0.4 is 5.32 Å². The van der Waals surface area contributed by atoms with Crippen molar-refractivity contribution in [3.8, 4) is 0 Å². The molecule has 0 spiro atoms. The summed E-state index contributed by atoms with van der Waals surface area (Å²) in [5.41, 5.74) is -0.162. The summed E-state index contributed by atoms with van der Waals surface area (Å²) >= 11 is 0. The number of carbonyl (C=O) groups excluding carboxylic acids is 2. The van der Waals surface area contributed by atoms with Crippen molar-refractivity contribution >= 4 is 24.1 Å². The minimum Gasteiger partial charge on any atom is -0.478 e. The Morgan fingerprint density at radius 1 is 0.939 bits per heavy atom. The van der Waals surface area contributed by atoms with E-state index < -0.39 is 29.4 Å². The number of carboxylic acid groups (broad SMARTS) is 1. The molecule has 1 aliphatic rings. The molecule has 1 aliphatic heterocycles. The molecule has 1 saturated heterocycles. The van der Waals surface area contributed by atoms with E-state index in [0.29, 0.717) is 32.7 Å². The highest BCUT2D eigenvalue weighted by atomic mass is 16.6. The van der Waals surface area contributed by atoms with Crippen LogP contribution in [0.25, 0.3) is 0 Å². The molecule has 0 atom stereocenters. The van der Waals surface area contributed by atoms with Gasteiger partial charge in [0, 0.05) is 32.7 Å². The van der Waals surface area contributed by atoms with Crippen LogP contribution in [0, 0.1) is 0 Å². The number of guanidine groups is 1. The number of carbonyl (C=O) groups is 3. The van der Waals surface area contributed by atoms with E-state index in [1.807, 2.05) is 0 Å². The maximum absolute atomic E-state index is 12.3. The molecule has 1 heterocycles. The van der Waals surface area contributed by atoms with Gasteiger partial charge in [0.15, 0.2) is 0 Å². The highest BCUT2D eigenvalue weighted by Crippen LogP contribution is 2.13. The number of amides is 2. The van der Waals surface area contributed by atoms with Crippen LogP contribution in [-0.4, -0.2) is 76.4 Å². The molecule has 2 rings (SSSR count). The number of alkyl carbamates (subject to hydrolysis) is 1. The Balaban J connectivity index is 2.04. The molecule has 182 valence electrons. The van der Waals surface area contributed by atoms with Crippen LogP contribution in [0.5, 0.6) is 0 Å². The standard InChI is InChI=1S/C23H34N4O6/c1-22(2,3)32-20(30)24-19(25-21(31)33-23(4,5)6)27-13-11-26(12-14-27)15-16-7-9-17(10-8-16)18(28)29/h7-10H,11-15H2,1-6H3,(H,28,29)(H,24,25,30,31). The van der Waals surface area contributed by atoms with Gasteiger partial charge in [0.25, 0.3) is 0 Å². The number of nitrogens with one attached hydrogen (secondary N) is 1. The highest BCUT2D eigenvalue weighted by molar-refractivity contribution is 5.99. The Morgan fingerprint density at radius 2 is 1.48 bits per heavy atom. The molecule has 0 unspecified atom stereocenters. The number of aromatic carboxylic acids is 1. The van der Waals surface area contributed by atoms with Gasteiger partial charge >= 0.3 is 18.2 Å². The topological polar surface area (TPSA) is 121 Å². The van der Waals surface area contributed by atoms with Gasteiger partial charge < -0.3 is 19.5 Å². The van der Waals surface area contributed by atoms with Gasteiger partial charge in [-0.25, -0.2) is 14.4 Å². The van der Waals surface area contributed by atoms with Gasteiger partial charge in [0.1, 0.15) is 11.2 Å². The lowest BCUT2D eigenvalue weighted by Gasteiger charge is -2.36. The Hall–Kier alpha value is -3.14. The van der Waals surface area contributed by atoms with Gasteiger partial charge in [-0.05, 0) is 59.2 Å². The highest BCUT2D eigenvalue weighted by Gasteiger charge is 2.26. The smallest absolute Gasteiger partial charge is 0.437 e. The molecule has 0 saturated carbocycles. The lowest BCUT2D eigenvalue weighted by atomic mass is 10.1. The molecule has 1 aromatic rings. The quantitative estimate of drug-likeness (QED) is 0.518. The summed E-state index contributed by atoms with van der Waals surface area (Å²) in [4.78, 5) is 43.6. The fraction of sp³-hybridized carbons (Fsp3) is 0.565. The average molecular weight is 463 g/mol. The lowest BCUT2D eigenvalue weighted by Crippen LogP contribution is -2.54. The van der Waals surface area contributed by atoms with E-state index in [-0.39, 0.29) is 11.5 Å². The van der Waals surface area contributed by atoms with Gasteiger partial charge in [0.2, 0.25) is 5.96 Å². The molecule has 10 heteroatoms. The third-order valence-corrected chi connectivity index (χ3v) is 4.48. The van der Waals surface area contributed by atoms with Crippen molar-refractivity contribution in [1.82, 2.24) is 15.1 Å². The maximum Gasteiger partial charge on any atom is 0.437 e. The molecule has 0 radical (unpaired) electrons. The Morgan fingerprint density at radius 3 is 1.97 bits per heavy atom. The molecular formula is C23H34N4O6. The van der Waals surface area contributed by atoms with Crippen molar-refractivity contribution in [2.45, 2.75) is 59.3 Å². The van der Waals surface area contributed by atoms with Gasteiger partial charge in [-0.3, -0.25) is 10.2 Å². The molecule has 2 amide bonds. The monoisotopic (exact) mass is 462 g/mol. The first-order chi connectivity index (χ1) is 15.2. The van der Waals surface area contributed by atoms with Crippen molar-refractivity contribution in [2.75, 3.05) is 26.2 Å². The van der Waals surface area contributed by atoms with Gasteiger partial charge in [-0.1, -0.05) is 12.1 Å². The van der Waals surface area contributed by atoms with Crippen molar-refractivity contribution < 1.29 is 29.0 Å². The molecule has 0 aromatic heterocycles. The van der Waals surface area contributed by atoms with Crippen LogP contribution >= 0.6 is 0 Å². The average Bonchev–Trinajstić information content (AvgIpc) is 2.65. The van der Waals surface area contributed by atoms with Crippen LogP contribution in [0.2, 0.25) is 0 Å². The van der Waals surface area contributed by atoms with Crippen LogP contribution in [-0.2, 0) is 16.0 Å². The molecule has 1 aromatic carbocycles. The minimum atomic E-state index is -0.954. The zero-order valence-electron chi connectivity index (χ0n) is 20.2.